The van der Waals surface area contributed by atoms with E-state index in [1.807, 2.05) is 18.2 Å². The fourth-order valence-electron chi connectivity index (χ4n) is 4.02. The summed E-state index contributed by atoms with van der Waals surface area (Å²) in [6, 6.07) is 5.02. The number of carbonyl (C=O) groups excluding carboxylic acids is 3. The van der Waals surface area contributed by atoms with Crippen LogP contribution in [0.1, 0.15) is 34.3 Å². The molecule has 3 aliphatic rings. The average Bonchev–Trinajstić information content (AvgIpc) is 3.25. The lowest BCUT2D eigenvalue weighted by Gasteiger charge is -2.29. The molecule has 3 N–H and O–H groups in total. The summed E-state index contributed by atoms with van der Waals surface area (Å²) in [6.07, 6.45) is 0.599. The number of hydrogen-bond acceptors (Lipinski definition) is 6. The Balaban J connectivity index is 1.43. The highest BCUT2D eigenvalue weighted by Crippen LogP contribution is 2.28. The van der Waals surface area contributed by atoms with E-state index in [0.717, 1.165) is 17.7 Å². The smallest absolute Gasteiger partial charge is 0.255 e. The largest absolute Gasteiger partial charge is 0.322 e. The molecule has 0 saturated carbocycles. The van der Waals surface area contributed by atoms with Crippen molar-refractivity contribution in [2.45, 2.75) is 44.1 Å². The monoisotopic (exact) mass is 383 g/mol. The number of azide groups is 1. The van der Waals surface area contributed by atoms with Gasteiger partial charge in [0.15, 0.2) is 0 Å². The molecule has 2 fully saturated rings. The Morgan fingerprint density at radius 3 is 2.93 bits per heavy atom. The molecule has 10 nitrogen and oxygen atoms in total. The first-order valence-corrected chi connectivity index (χ1v) is 9.31. The summed E-state index contributed by atoms with van der Waals surface area (Å²) < 4.78 is 0. The summed E-state index contributed by atoms with van der Waals surface area (Å²) in [5, 5.41) is 12.7. The molecule has 0 spiro atoms. The van der Waals surface area contributed by atoms with E-state index in [-0.39, 0.29) is 30.3 Å². The molecule has 1 aromatic rings. The maximum Gasteiger partial charge on any atom is 0.255 e. The zero-order valence-electron chi connectivity index (χ0n) is 15.2. The second kappa shape index (κ2) is 7.59. The number of benzene rings is 1. The van der Waals surface area contributed by atoms with Gasteiger partial charge in [-0.05, 0) is 29.1 Å². The van der Waals surface area contributed by atoms with Crippen LogP contribution in [0.2, 0.25) is 0 Å². The van der Waals surface area contributed by atoms with E-state index in [4.69, 9.17) is 5.53 Å². The van der Waals surface area contributed by atoms with Gasteiger partial charge in [-0.25, -0.2) is 0 Å². The standard InChI is InChI=1S/C18H21N7O3/c19-24-23-14-8-20-7-13(14)21-6-10-1-2-11-9-25(18(28)12(11)5-10)15-3-4-16(26)22-17(15)27/h1-2,5,13-15,20-21H,3-4,6-9H2,(H,22,26,27)/t13-,14+,15?/m0/s1. The van der Waals surface area contributed by atoms with Crippen molar-refractivity contribution in [1.29, 1.82) is 0 Å². The number of fused-ring (bicyclic) bond motifs is 1. The van der Waals surface area contributed by atoms with Crippen molar-refractivity contribution in [2.24, 2.45) is 5.11 Å². The molecule has 3 atom stereocenters. The number of carbonyl (C=O) groups is 3. The zero-order chi connectivity index (χ0) is 19.7. The summed E-state index contributed by atoms with van der Waals surface area (Å²) in [7, 11) is 0. The summed E-state index contributed by atoms with van der Waals surface area (Å²) in [5.74, 6) is -0.878. The minimum atomic E-state index is -0.603. The van der Waals surface area contributed by atoms with E-state index in [1.165, 1.54) is 0 Å². The van der Waals surface area contributed by atoms with Gasteiger partial charge in [-0.1, -0.05) is 17.2 Å². The Labute approximate surface area is 161 Å². The van der Waals surface area contributed by atoms with Crippen LogP contribution in [-0.4, -0.2) is 53.8 Å². The summed E-state index contributed by atoms with van der Waals surface area (Å²) in [5.41, 5.74) is 11.1. The molecule has 3 heterocycles. The van der Waals surface area contributed by atoms with Gasteiger partial charge in [0.2, 0.25) is 11.8 Å². The van der Waals surface area contributed by atoms with E-state index in [0.29, 0.717) is 31.6 Å². The van der Waals surface area contributed by atoms with Gasteiger partial charge in [0.1, 0.15) is 6.04 Å². The summed E-state index contributed by atoms with van der Waals surface area (Å²) in [6.45, 7) is 2.28. The zero-order valence-corrected chi connectivity index (χ0v) is 15.2. The molecule has 3 amide bonds. The van der Waals surface area contributed by atoms with Gasteiger partial charge in [0.25, 0.3) is 5.91 Å². The van der Waals surface area contributed by atoms with Crippen LogP contribution in [0.25, 0.3) is 10.4 Å². The fourth-order valence-corrected chi connectivity index (χ4v) is 4.02. The molecule has 2 saturated heterocycles. The SMILES string of the molecule is [N-]=[N+]=N[C@@H]1CNC[C@@H]1NCc1ccc2c(c1)C(=O)N(C1CCC(=O)NC1=O)C2. The molecule has 3 aliphatic heterocycles. The van der Waals surface area contributed by atoms with Gasteiger partial charge >= 0.3 is 0 Å². The van der Waals surface area contributed by atoms with Crippen molar-refractivity contribution in [3.8, 4) is 0 Å². The van der Waals surface area contributed by atoms with Crippen molar-refractivity contribution in [3.05, 3.63) is 45.3 Å². The molecule has 0 aliphatic carbocycles. The molecule has 0 radical (unpaired) electrons. The highest BCUT2D eigenvalue weighted by Gasteiger charge is 2.39. The Hall–Kier alpha value is -2.94. The number of hydrogen-bond donors (Lipinski definition) is 3. The maximum atomic E-state index is 12.8. The predicted octanol–water partition coefficient (Wildman–Crippen LogP) is 0.188. The van der Waals surface area contributed by atoms with E-state index in [1.54, 1.807) is 4.90 Å². The van der Waals surface area contributed by atoms with E-state index in [2.05, 4.69) is 26.0 Å². The van der Waals surface area contributed by atoms with Crippen molar-refractivity contribution >= 4 is 17.7 Å². The van der Waals surface area contributed by atoms with E-state index >= 15 is 0 Å². The lowest BCUT2D eigenvalue weighted by Crippen LogP contribution is -2.52. The van der Waals surface area contributed by atoms with Crippen LogP contribution in [0.15, 0.2) is 23.3 Å². The lowest BCUT2D eigenvalue weighted by molar-refractivity contribution is -0.136. The normalized spacial score (nSPS) is 26.8. The number of amides is 3. The number of piperidine rings is 1. The molecule has 4 rings (SSSR count). The van der Waals surface area contributed by atoms with E-state index < -0.39 is 11.9 Å². The molecule has 0 bridgehead atoms. The van der Waals surface area contributed by atoms with Crippen molar-refractivity contribution in [1.82, 2.24) is 20.9 Å². The van der Waals surface area contributed by atoms with Crippen LogP contribution < -0.4 is 16.0 Å². The van der Waals surface area contributed by atoms with Crippen LogP contribution in [0.5, 0.6) is 0 Å². The first kappa shape index (κ1) is 18.4. The second-order valence-electron chi connectivity index (χ2n) is 7.31. The van der Waals surface area contributed by atoms with Crippen LogP contribution in [-0.2, 0) is 22.7 Å². The average molecular weight is 383 g/mol. The van der Waals surface area contributed by atoms with Gasteiger partial charge in [0, 0.05) is 49.1 Å². The molecule has 10 heteroatoms. The van der Waals surface area contributed by atoms with Crippen molar-refractivity contribution in [2.75, 3.05) is 13.1 Å². The number of nitrogens with zero attached hydrogens (tertiary/aromatic N) is 4. The summed E-state index contributed by atoms with van der Waals surface area (Å²) in [4.78, 5) is 40.7. The number of imide groups is 1. The Morgan fingerprint density at radius 1 is 1.29 bits per heavy atom. The van der Waals surface area contributed by atoms with E-state index in [9.17, 15) is 14.4 Å². The topological polar surface area (TPSA) is 139 Å². The predicted molar refractivity (Wildman–Crippen MR) is 98.9 cm³/mol. The highest BCUT2D eigenvalue weighted by atomic mass is 16.2. The molecule has 0 aromatic heterocycles. The third-order valence-electron chi connectivity index (χ3n) is 5.54. The fraction of sp³-hybridized carbons (Fsp3) is 0.500. The lowest BCUT2D eigenvalue weighted by atomic mass is 10.0. The minimum Gasteiger partial charge on any atom is -0.322 e. The van der Waals surface area contributed by atoms with Gasteiger partial charge in [-0.3, -0.25) is 19.7 Å². The molecule has 146 valence electrons. The molecular weight excluding hydrogens is 362 g/mol. The first-order valence-electron chi connectivity index (χ1n) is 9.31. The summed E-state index contributed by atoms with van der Waals surface area (Å²) >= 11 is 0. The Morgan fingerprint density at radius 2 is 2.14 bits per heavy atom. The highest BCUT2D eigenvalue weighted by molar-refractivity contribution is 6.05. The van der Waals surface area contributed by atoms with Crippen LogP contribution in [0.3, 0.4) is 0 Å². The first-order chi connectivity index (χ1) is 13.6. The Bertz CT molecular complexity index is 880. The van der Waals surface area contributed by atoms with Crippen LogP contribution >= 0.6 is 0 Å². The van der Waals surface area contributed by atoms with Gasteiger partial charge in [0.05, 0.1) is 6.04 Å². The Kier molecular flexibility index (Phi) is 4.99. The van der Waals surface area contributed by atoms with Gasteiger partial charge < -0.3 is 15.5 Å². The van der Waals surface area contributed by atoms with Gasteiger partial charge in [-0.2, -0.15) is 0 Å². The van der Waals surface area contributed by atoms with Crippen LogP contribution in [0.4, 0.5) is 0 Å². The second-order valence-corrected chi connectivity index (χ2v) is 7.31. The maximum absolute atomic E-state index is 12.8. The minimum absolute atomic E-state index is 0.0415. The molecule has 28 heavy (non-hydrogen) atoms. The number of nitrogens with one attached hydrogen (secondary N) is 3. The molecule has 1 aromatic carbocycles. The third kappa shape index (κ3) is 3.45. The molecule has 1 unspecified atom stereocenters. The van der Waals surface area contributed by atoms with Crippen molar-refractivity contribution < 1.29 is 14.4 Å². The quantitative estimate of drug-likeness (QED) is 0.288. The van der Waals surface area contributed by atoms with Crippen LogP contribution in [0, 0.1) is 0 Å². The molecular formula is C18H21N7O3. The third-order valence-corrected chi connectivity index (χ3v) is 5.54. The van der Waals surface area contributed by atoms with Crippen molar-refractivity contribution in [3.63, 3.8) is 0 Å². The number of rotatable bonds is 5. The van der Waals surface area contributed by atoms with Gasteiger partial charge in [-0.15, -0.1) is 0 Å².